The van der Waals surface area contributed by atoms with Gasteiger partial charge in [0.15, 0.2) is 0 Å². The Morgan fingerprint density at radius 2 is 0.969 bits per heavy atom. The first-order valence-corrected chi connectivity index (χ1v) is 12.7. The number of amides is 3. The summed E-state index contributed by atoms with van der Waals surface area (Å²) < 4.78 is 11.5. The van der Waals surface area contributed by atoms with Crippen LogP contribution in [0.3, 0.4) is 0 Å². The Morgan fingerprint density at radius 3 is 1.44 bits per heavy atom. The quantitative estimate of drug-likeness (QED) is 0.592. The maximum Gasteiger partial charge on any atom is 0.248 e. The summed E-state index contributed by atoms with van der Waals surface area (Å²) in [5, 5.41) is 0. The van der Waals surface area contributed by atoms with Crippen LogP contribution in [0, 0.1) is 5.92 Å². The van der Waals surface area contributed by atoms with Crippen LogP contribution in [0.25, 0.3) is 0 Å². The minimum Gasteiger partial charge on any atom is -0.368 e. The highest BCUT2D eigenvalue weighted by Crippen LogP contribution is 2.23. The van der Waals surface area contributed by atoms with Gasteiger partial charge in [0.05, 0.1) is 12.2 Å². The van der Waals surface area contributed by atoms with Gasteiger partial charge in [-0.2, -0.15) is 0 Å². The Bertz CT molecular complexity index is 590. The van der Waals surface area contributed by atoms with Crippen molar-refractivity contribution in [3.63, 3.8) is 0 Å². The molecule has 8 heteroatoms. The number of piperazine rings is 1. The van der Waals surface area contributed by atoms with Crippen LogP contribution in [0.15, 0.2) is 0 Å². The second-order valence-corrected chi connectivity index (χ2v) is 9.80. The molecule has 0 spiro atoms. The second kappa shape index (κ2) is 11.5. The van der Waals surface area contributed by atoms with Crippen molar-refractivity contribution in [3.8, 4) is 0 Å². The summed E-state index contributed by atoms with van der Waals surface area (Å²) >= 11 is 0. The number of hydrogen-bond acceptors (Lipinski definition) is 5. The van der Waals surface area contributed by atoms with Crippen molar-refractivity contribution in [2.75, 3.05) is 52.5 Å². The SMILES string of the molecule is O=C(COC1CCCC1)N1CCC(C(=O)N2CCN(C(=O)COC3CCCC3)CC2)CC1. The topological polar surface area (TPSA) is 79.4 Å². The average Bonchev–Trinajstić information content (AvgIpc) is 3.55. The van der Waals surface area contributed by atoms with E-state index in [1.807, 2.05) is 14.7 Å². The summed E-state index contributed by atoms with van der Waals surface area (Å²) in [5.74, 6) is 0.238. The van der Waals surface area contributed by atoms with Crippen LogP contribution >= 0.6 is 0 Å². The Labute approximate surface area is 191 Å². The number of ether oxygens (including phenoxy) is 2. The lowest BCUT2D eigenvalue weighted by Crippen LogP contribution is -2.54. The van der Waals surface area contributed by atoms with Gasteiger partial charge in [0.2, 0.25) is 17.7 Å². The van der Waals surface area contributed by atoms with Gasteiger partial charge in [-0.1, -0.05) is 25.7 Å². The number of piperidine rings is 1. The summed E-state index contributed by atoms with van der Waals surface area (Å²) in [6.07, 6.45) is 11.0. The third kappa shape index (κ3) is 6.22. The van der Waals surface area contributed by atoms with Crippen molar-refractivity contribution in [2.24, 2.45) is 5.92 Å². The molecule has 4 fully saturated rings. The molecule has 0 aromatic rings. The van der Waals surface area contributed by atoms with Gasteiger partial charge in [-0.3, -0.25) is 14.4 Å². The Kier molecular flexibility index (Phi) is 8.41. The molecule has 3 amide bonds. The first-order chi connectivity index (χ1) is 15.6. The highest BCUT2D eigenvalue weighted by atomic mass is 16.5. The normalized spacial score (nSPS) is 23.8. The van der Waals surface area contributed by atoms with Crippen LogP contribution in [-0.4, -0.2) is 97.1 Å². The lowest BCUT2D eigenvalue weighted by Gasteiger charge is -2.38. The molecule has 2 heterocycles. The van der Waals surface area contributed by atoms with Crippen LogP contribution in [0.2, 0.25) is 0 Å². The molecule has 180 valence electrons. The molecule has 32 heavy (non-hydrogen) atoms. The number of carbonyl (C=O) groups excluding carboxylic acids is 3. The Balaban J connectivity index is 1.12. The standard InChI is InChI=1S/C24H39N3O5/c28-22(17-31-20-5-1-2-6-20)25-11-9-19(10-12-25)24(30)27-15-13-26(14-16-27)23(29)18-32-21-7-3-4-8-21/h19-21H,1-18H2. The van der Waals surface area contributed by atoms with Gasteiger partial charge >= 0.3 is 0 Å². The van der Waals surface area contributed by atoms with E-state index in [1.54, 1.807) is 0 Å². The van der Waals surface area contributed by atoms with Crippen LogP contribution in [0.5, 0.6) is 0 Å². The first kappa shape index (κ1) is 23.5. The van der Waals surface area contributed by atoms with E-state index in [-0.39, 0.29) is 49.1 Å². The average molecular weight is 450 g/mol. The van der Waals surface area contributed by atoms with E-state index in [4.69, 9.17) is 9.47 Å². The molecule has 0 bridgehead atoms. The molecule has 2 saturated heterocycles. The van der Waals surface area contributed by atoms with E-state index in [9.17, 15) is 14.4 Å². The number of rotatable bonds is 7. The van der Waals surface area contributed by atoms with E-state index in [0.717, 1.165) is 25.7 Å². The van der Waals surface area contributed by atoms with Crippen molar-refractivity contribution in [2.45, 2.75) is 76.4 Å². The minimum absolute atomic E-state index is 0.0252. The van der Waals surface area contributed by atoms with Gasteiger partial charge in [-0.05, 0) is 38.5 Å². The van der Waals surface area contributed by atoms with Crippen molar-refractivity contribution < 1.29 is 23.9 Å². The van der Waals surface area contributed by atoms with Gasteiger partial charge in [0, 0.05) is 45.2 Å². The predicted molar refractivity (Wildman–Crippen MR) is 119 cm³/mol. The maximum absolute atomic E-state index is 13.0. The smallest absolute Gasteiger partial charge is 0.248 e. The Morgan fingerprint density at radius 1 is 0.562 bits per heavy atom. The molecule has 2 aliphatic carbocycles. The Hall–Kier alpha value is -1.67. The molecule has 4 aliphatic rings. The van der Waals surface area contributed by atoms with Crippen LogP contribution < -0.4 is 0 Å². The first-order valence-electron chi connectivity index (χ1n) is 12.7. The number of carbonyl (C=O) groups is 3. The van der Waals surface area contributed by atoms with E-state index >= 15 is 0 Å². The van der Waals surface area contributed by atoms with Crippen molar-refractivity contribution in [1.82, 2.24) is 14.7 Å². The van der Waals surface area contributed by atoms with Gasteiger partial charge in [0.25, 0.3) is 0 Å². The summed E-state index contributed by atoms with van der Waals surface area (Å²) in [6, 6.07) is 0. The summed E-state index contributed by atoms with van der Waals surface area (Å²) in [4.78, 5) is 43.4. The predicted octanol–water partition coefficient (Wildman–Crippen LogP) is 1.81. The number of hydrogen-bond donors (Lipinski definition) is 0. The zero-order valence-electron chi connectivity index (χ0n) is 19.3. The summed E-state index contributed by atoms with van der Waals surface area (Å²) in [7, 11) is 0. The van der Waals surface area contributed by atoms with Crippen molar-refractivity contribution in [3.05, 3.63) is 0 Å². The molecular weight excluding hydrogens is 410 g/mol. The molecule has 0 aromatic carbocycles. The number of nitrogens with zero attached hydrogens (tertiary/aromatic N) is 3. The zero-order valence-corrected chi connectivity index (χ0v) is 19.3. The highest BCUT2D eigenvalue weighted by Gasteiger charge is 2.33. The largest absolute Gasteiger partial charge is 0.368 e. The number of likely N-dealkylation sites (tertiary alicyclic amines) is 1. The molecule has 4 rings (SSSR count). The zero-order chi connectivity index (χ0) is 22.3. The fourth-order valence-corrected chi connectivity index (χ4v) is 5.48. The molecule has 8 nitrogen and oxygen atoms in total. The molecule has 0 radical (unpaired) electrons. The lowest BCUT2D eigenvalue weighted by atomic mass is 9.95. The van der Waals surface area contributed by atoms with Crippen LogP contribution in [-0.2, 0) is 23.9 Å². The van der Waals surface area contributed by atoms with Crippen LogP contribution in [0.4, 0.5) is 0 Å². The van der Waals surface area contributed by atoms with Crippen molar-refractivity contribution >= 4 is 17.7 Å². The molecule has 0 N–H and O–H groups in total. The summed E-state index contributed by atoms with van der Waals surface area (Å²) in [5.41, 5.74) is 0. The molecular formula is C24H39N3O5. The third-order valence-electron chi connectivity index (χ3n) is 7.63. The maximum atomic E-state index is 13.0. The lowest BCUT2D eigenvalue weighted by molar-refractivity contribution is -0.147. The van der Waals surface area contributed by atoms with Crippen LogP contribution in [0.1, 0.15) is 64.2 Å². The molecule has 0 atom stereocenters. The second-order valence-electron chi connectivity index (χ2n) is 9.80. The van der Waals surface area contributed by atoms with E-state index < -0.39 is 0 Å². The van der Waals surface area contributed by atoms with Crippen molar-refractivity contribution in [1.29, 1.82) is 0 Å². The molecule has 2 aliphatic heterocycles. The molecule has 2 saturated carbocycles. The molecule has 0 unspecified atom stereocenters. The van der Waals surface area contributed by atoms with Gasteiger partial charge in [-0.15, -0.1) is 0 Å². The van der Waals surface area contributed by atoms with Gasteiger partial charge in [-0.25, -0.2) is 0 Å². The van der Waals surface area contributed by atoms with E-state index in [0.29, 0.717) is 52.1 Å². The van der Waals surface area contributed by atoms with Gasteiger partial charge in [0.1, 0.15) is 13.2 Å². The van der Waals surface area contributed by atoms with Gasteiger partial charge < -0.3 is 24.2 Å². The fraction of sp³-hybridized carbons (Fsp3) is 0.875. The fourth-order valence-electron chi connectivity index (χ4n) is 5.48. The minimum atomic E-state index is -0.0252. The summed E-state index contributed by atoms with van der Waals surface area (Å²) in [6.45, 7) is 3.91. The van der Waals surface area contributed by atoms with E-state index in [1.165, 1.54) is 25.7 Å². The van der Waals surface area contributed by atoms with E-state index in [2.05, 4.69) is 0 Å². The highest BCUT2D eigenvalue weighted by molar-refractivity contribution is 5.81. The third-order valence-corrected chi connectivity index (χ3v) is 7.63. The monoisotopic (exact) mass is 449 g/mol. The molecule has 0 aromatic heterocycles.